The minimum atomic E-state index is -3.77. The topological polar surface area (TPSA) is 137 Å². The monoisotopic (exact) mass is 641 g/mol. The highest BCUT2D eigenvalue weighted by molar-refractivity contribution is 8.00. The number of halogens is 2. The van der Waals surface area contributed by atoms with Gasteiger partial charge in [-0.1, -0.05) is 42.5 Å². The fourth-order valence-corrected chi connectivity index (χ4v) is 6.51. The molecular formula is C32H33F2N3O7S. The number of carbonyl (C=O) groups excluding carboxylic acids is 3. The molecule has 5 rings (SSSR count). The molecule has 13 heteroatoms. The summed E-state index contributed by atoms with van der Waals surface area (Å²) < 4.78 is 35.0. The molecule has 45 heavy (non-hydrogen) atoms. The number of fused-ring (bicyclic) bond motifs is 1. The van der Waals surface area contributed by atoms with E-state index in [-0.39, 0.29) is 41.7 Å². The standard InChI is InChI=1S/C32H33F2N3O7S/c1-18-21(10-7-11-23(18)38)28(40)36-22(14-19-8-5-4-6-9-19)26(39)30(42)37-17-45-31(2,3)27(37)29(41)35-16-20-12-13-24-25(15-20)44-32(33,34)43-24/h4-13,15,22,26-27,38-39H,14,16-17H2,1-3H3,(H,35,41)(H,36,40)/t22-,26?,27+/m0/s1. The molecule has 2 aliphatic heterocycles. The van der Waals surface area contributed by atoms with E-state index in [1.807, 2.05) is 6.07 Å². The van der Waals surface area contributed by atoms with Gasteiger partial charge in [-0.25, -0.2) is 0 Å². The average molecular weight is 642 g/mol. The fourth-order valence-electron chi connectivity index (χ4n) is 5.37. The third-order valence-corrected chi connectivity index (χ3v) is 9.18. The van der Waals surface area contributed by atoms with Crippen LogP contribution >= 0.6 is 11.8 Å². The molecule has 4 N–H and O–H groups in total. The van der Waals surface area contributed by atoms with E-state index in [1.165, 1.54) is 53.1 Å². The molecule has 10 nitrogen and oxygen atoms in total. The summed E-state index contributed by atoms with van der Waals surface area (Å²) in [5.74, 6) is -2.07. The van der Waals surface area contributed by atoms with Crippen LogP contribution in [0.2, 0.25) is 0 Å². The summed E-state index contributed by atoms with van der Waals surface area (Å²) in [5, 5.41) is 27.1. The number of amides is 3. The molecule has 1 unspecified atom stereocenters. The van der Waals surface area contributed by atoms with Gasteiger partial charge in [-0.05, 0) is 62.6 Å². The normalized spacial score (nSPS) is 19.1. The SMILES string of the molecule is Cc1c(O)cccc1C(=O)N[C@@H](Cc1ccccc1)C(O)C(=O)N1CSC(C)(C)[C@H]1C(=O)NCc1ccc2c(c1)OC(F)(F)O2. The van der Waals surface area contributed by atoms with Crippen molar-refractivity contribution in [3.8, 4) is 17.2 Å². The number of aromatic hydroxyl groups is 1. The van der Waals surface area contributed by atoms with Crippen LogP contribution in [0.3, 0.4) is 0 Å². The van der Waals surface area contributed by atoms with Gasteiger partial charge in [0.15, 0.2) is 17.6 Å². The van der Waals surface area contributed by atoms with E-state index in [0.717, 1.165) is 5.56 Å². The zero-order chi connectivity index (χ0) is 32.5. The Morgan fingerprint density at radius 3 is 2.47 bits per heavy atom. The van der Waals surface area contributed by atoms with Gasteiger partial charge in [0.25, 0.3) is 11.8 Å². The maximum Gasteiger partial charge on any atom is 0.586 e. The zero-order valence-corrected chi connectivity index (χ0v) is 25.6. The van der Waals surface area contributed by atoms with Gasteiger partial charge < -0.3 is 35.2 Å². The summed E-state index contributed by atoms with van der Waals surface area (Å²) >= 11 is 1.36. The highest BCUT2D eigenvalue weighted by atomic mass is 32.2. The molecule has 1 fully saturated rings. The summed E-state index contributed by atoms with van der Waals surface area (Å²) in [6.45, 7) is 5.15. The van der Waals surface area contributed by atoms with Crippen molar-refractivity contribution in [3.63, 3.8) is 0 Å². The largest absolute Gasteiger partial charge is 0.586 e. The number of phenolic OH excluding ortho intramolecular Hbond substituents is 1. The second-order valence-electron chi connectivity index (χ2n) is 11.4. The molecule has 3 aromatic rings. The third kappa shape index (κ3) is 6.99. The molecule has 0 spiro atoms. The molecular weight excluding hydrogens is 608 g/mol. The quantitative estimate of drug-likeness (QED) is 0.278. The number of thioether (sulfide) groups is 1. The summed E-state index contributed by atoms with van der Waals surface area (Å²) in [6, 6.07) is 15.6. The van der Waals surface area contributed by atoms with Gasteiger partial charge in [0.2, 0.25) is 5.91 Å². The van der Waals surface area contributed by atoms with Crippen molar-refractivity contribution in [2.75, 3.05) is 5.88 Å². The van der Waals surface area contributed by atoms with Crippen molar-refractivity contribution in [3.05, 3.63) is 89.0 Å². The van der Waals surface area contributed by atoms with Gasteiger partial charge in [-0.3, -0.25) is 14.4 Å². The molecule has 2 aliphatic rings. The predicted molar refractivity (Wildman–Crippen MR) is 162 cm³/mol. The number of ether oxygens (including phenoxy) is 2. The van der Waals surface area contributed by atoms with Gasteiger partial charge in [0, 0.05) is 22.4 Å². The summed E-state index contributed by atoms with van der Waals surface area (Å²) in [4.78, 5) is 42.0. The van der Waals surface area contributed by atoms with Crippen LogP contribution in [0.25, 0.3) is 0 Å². The molecule has 1 saturated heterocycles. The summed E-state index contributed by atoms with van der Waals surface area (Å²) in [7, 11) is 0. The first-order valence-electron chi connectivity index (χ1n) is 14.2. The highest BCUT2D eigenvalue weighted by Gasteiger charge is 2.50. The lowest BCUT2D eigenvalue weighted by Gasteiger charge is -2.33. The lowest BCUT2D eigenvalue weighted by molar-refractivity contribution is -0.286. The van der Waals surface area contributed by atoms with Gasteiger partial charge in [-0.2, -0.15) is 0 Å². The molecule has 238 valence electrons. The van der Waals surface area contributed by atoms with Gasteiger partial charge in [0.1, 0.15) is 11.8 Å². The van der Waals surface area contributed by atoms with E-state index >= 15 is 0 Å². The first kappa shape index (κ1) is 32.0. The maximum absolute atomic E-state index is 13.9. The summed E-state index contributed by atoms with van der Waals surface area (Å²) in [5.41, 5.74) is 1.77. The molecule has 3 aromatic carbocycles. The van der Waals surface area contributed by atoms with Crippen molar-refractivity contribution in [1.29, 1.82) is 0 Å². The predicted octanol–water partition coefficient (Wildman–Crippen LogP) is 3.72. The lowest BCUT2D eigenvalue weighted by atomic mass is 9.96. The second kappa shape index (κ2) is 12.6. The minimum Gasteiger partial charge on any atom is -0.508 e. The van der Waals surface area contributed by atoms with Crippen LogP contribution in [0.1, 0.15) is 40.9 Å². The Labute approximate surface area is 262 Å². The zero-order valence-electron chi connectivity index (χ0n) is 24.8. The number of hydrogen-bond acceptors (Lipinski definition) is 8. The van der Waals surface area contributed by atoms with E-state index < -0.39 is 47.0 Å². The first-order valence-corrected chi connectivity index (χ1v) is 15.2. The Hall–Kier alpha value is -4.36. The van der Waals surface area contributed by atoms with E-state index in [0.29, 0.717) is 11.1 Å². The van der Waals surface area contributed by atoms with Crippen LogP contribution < -0.4 is 20.1 Å². The number of nitrogens with zero attached hydrogens (tertiary/aromatic N) is 1. The number of nitrogens with one attached hydrogen (secondary N) is 2. The Kier molecular flexibility index (Phi) is 8.95. The number of benzene rings is 3. The van der Waals surface area contributed by atoms with Crippen molar-refractivity contribution >= 4 is 29.5 Å². The summed E-state index contributed by atoms with van der Waals surface area (Å²) in [6.07, 6.45) is -5.37. The molecule has 0 aromatic heterocycles. The highest BCUT2D eigenvalue weighted by Crippen LogP contribution is 2.42. The number of alkyl halides is 2. The number of phenols is 1. The van der Waals surface area contributed by atoms with E-state index in [1.54, 1.807) is 45.0 Å². The molecule has 0 radical (unpaired) electrons. The van der Waals surface area contributed by atoms with Gasteiger partial charge in [0.05, 0.1) is 11.9 Å². The van der Waals surface area contributed by atoms with Crippen LogP contribution in [0.4, 0.5) is 8.78 Å². The molecule has 0 saturated carbocycles. The lowest BCUT2D eigenvalue weighted by Crippen LogP contribution is -2.58. The fraction of sp³-hybridized carbons (Fsp3) is 0.344. The van der Waals surface area contributed by atoms with Crippen LogP contribution in [-0.4, -0.2) is 67.9 Å². The van der Waals surface area contributed by atoms with Crippen LogP contribution in [-0.2, 0) is 22.6 Å². The number of carbonyl (C=O) groups is 3. The van der Waals surface area contributed by atoms with E-state index in [9.17, 15) is 33.4 Å². The molecule has 3 atom stereocenters. The Balaban J connectivity index is 1.33. The molecule has 0 aliphatic carbocycles. The smallest absolute Gasteiger partial charge is 0.508 e. The number of aliphatic hydroxyl groups excluding tert-OH is 1. The van der Waals surface area contributed by atoms with Gasteiger partial charge in [-0.15, -0.1) is 20.5 Å². The number of rotatable bonds is 9. The second-order valence-corrected chi connectivity index (χ2v) is 13.0. The van der Waals surface area contributed by atoms with Crippen molar-refractivity contribution < 1.29 is 42.9 Å². The Morgan fingerprint density at radius 2 is 1.73 bits per heavy atom. The van der Waals surface area contributed by atoms with Crippen LogP contribution in [0.15, 0.2) is 66.7 Å². The molecule has 3 amide bonds. The van der Waals surface area contributed by atoms with Crippen LogP contribution in [0.5, 0.6) is 17.2 Å². The van der Waals surface area contributed by atoms with E-state index in [4.69, 9.17) is 0 Å². The number of aliphatic hydroxyl groups is 1. The number of hydrogen-bond donors (Lipinski definition) is 4. The Bertz CT molecular complexity index is 1600. The minimum absolute atomic E-state index is 0.0428. The Morgan fingerprint density at radius 1 is 1.02 bits per heavy atom. The van der Waals surface area contributed by atoms with E-state index in [2.05, 4.69) is 20.1 Å². The first-order chi connectivity index (χ1) is 21.3. The average Bonchev–Trinajstić information content (AvgIpc) is 3.49. The van der Waals surface area contributed by atoms with Crippen LogP contribution in [0, 0.1) is 6.92 Å². The van der Waals surface area contributed by atoms with Crippen molar-refractivity contribution in [2.24, 2.45) is 0 Å². The molecule has 0 bridgehead atoms. The maximum atomic E-state index is 13.9. The van der Waals surface area contributed by atoms with Crippen molar-refractivity contribution in [2.45, 2.75) is 63.0 Å². The molecule has 2 heterocycles. The third-order valence-electron chi connectivity index (χ3n) is 7.81. The van der Waals surface area contributed by atoms with Gasteiger partial charge >= 0.3 is 6.29 Å². The van der Waals surface area contributed by atoms with Crippen molar-refractivity contribution in [1.82, 2.24) is 15.5 Å².